The number of carboxylic acids is 1. The maximum Gasteiger partial charge on any atom is 0.376 e. The molecule has 1 amide bonds. The van der Waals surface area contributed by atoms with Gasteiger partial charge in [0.25, 0.3) is 5.78 Å². The summed E-state index contributed by atoms with van der Waals surface area (Å²) in [7, 11) is 3.13. The molecule has 2 rings (SSSR count). The van der Waals surface area contributed by atoms with Crippen LogP contribution >= 0.6 is 11.6 Å². The van der Waals surface area contributed by atoms with Crippen molar-refractivity contribution in [3.8, 4) is 0 Å². The second-order valence-corrected chi connectivity index (χ2v) is 5.39. The van der Waals surface area contributed by atoms with Crippen molar-refractivity contribution in [2.45, 2.75) is 0 Å². The number of carbonyl (C=O) groups is 3. The van der Waals surface area contributed by atoms with Crippen LogP contribution in [0.15, 0.2) is 30.5 Å². The van der Waals surface area contributed by atoms with Gasteiger partial charge in [0.05, 0.1) is 5.52 Å². The van der Waals surface area contributed by atoms with Gasteiger partial charge >= 0.3 is 12.0 Å². The van der Waals surface area contributed by atoms with Crippen LogP contribution in [0, 0.1) is 0 Å². The summed E-state index contributed by atoms with van der Waals surface area (Å²) in [4.78, 5) is 35.4. The minimum absolute atomic E-state index is 0.132. The lowest BCUT2D eigenvalue weighted by Gasteiger charge is -2.11. The number of aliphatic hydroxyl groups excluding tert-OH is 1. The van der Waals surface area contributed by atoms with Gasteiger partial charge < -0.3 is 15.1 Å². The lowest BCUT2D eigenvalue weighted by Crippen LogP contribution is -2.26. The summed E-state index contributed by atoms with van der Waals surface area (Å²) in [6, 6.07) is 4.31. The van der Waals surface area contributed by atoms with Crippen LogP contribution in [-0.2, 0) is 9.59 Å². The van der Waals surface area contributed by atoms with Crippen molar-refractivity contribution in [2.75, 3.05) is 14.1 Å². The first-order chi connectivity index (χ1) is 10.7. The van der Waals surface area contributed by atoms with Crippen molar-refractivity contribution in [2.24, 2.45) is 0 Å². The number of halogens is 1. The molecule has 0 fully saturated rings. The average molecular weight is 337 g/mol. The smallest absolute Gasteiger partial charge is 0.376 e. The molecule has 1 aromatic carbocycles. The maximum absolute atomic E-state index is 12.2. The molecule has 0 bridgehead atoms. The number of amides is 1. The van der Waals surface area contributed by atoms with Gasteiger partial charge in [0.15, 0.2) is 0 Å². The number of aliphatic hydroxyl groups is 1. The molecule has 1 heterocycles. The highest BCUT2D eigenvalue weighted by Crippen LogP contribution is 2.29. The number of ketones is 1. The van der Waals surface area contributed by atoms with E-state index >= 15 is 0 Å². The van der Waals surface area contributed by atoms with Crippen molar-refractivity contribution in [1.29, 1.82) is 0 Å². The number of fused-ring (bicyclic) bond motifs is 1. The molecular weight excluding hydrogens is 324 g/mol. The molecule has 0 unspecified atom stereocenters. The SMILES string of the molecule is CN(C)C(=O)n1cc(/C(O)=C/C(=O)C(=O)O)c2cc(Cl)ccc21. The summed E-state index contributed by atoms with van der Waals surface area (Å²) in [6.45, 7) is 0. The van der Waals surface area contributed by atoms with Gasteiger partial charge in [-0.15, -0.1) is 0 Å². The number of aromatic nitrogens is 1. The van der Waals surface area contributed by atoms with Gasteiger partial charge in [-0.1, -0.05) is 11.6 Å². The van der Waals surface area contributed by atoms with Gasteiger partial charge in [0.1, 0.15) is 5.76 Å². The zero-order valence-electron chi connectivity index (χ0n) is 12.3. The zero-order chi connectivity index (χ0) is 17.3. The highest BCUT2D eigenvalue weighted by atomic mass is 35.5. The third kappa shape index (κ3) is 3.19. The van der Waals surface area contributed by atoms with Crippen molar-refractivity contribution >= 4 is 46.0 Å². The number of benzene rings is 1. The van der Waals surface area contributed by atoms with E-state index in [0.717, 1.165) is 0 Å². The van der Waals surface area contributed by atoms with E-state index in [1.54, 1.807) is 26.2 Å². The molecular formula is C15H13ClN2O5. The van der Waals surface area contributed by atoms with Crippen LogP contribution in [0.1, 0.15) is 5.56 Å². The summed E-state index contributed by atoms with van der Waals surface area (Å²) in [5.74, 6) is -3.53. The molecule has 0 aliphatic heterocycles. The molecule has 2 N–H and O–H groups in total. The topological polar surface area (TPSA) is 99.8 Å². The van der Waals surface area contributed by atoms with Gasteiger partial charge in [-0.3, -0.25) is 9.36 Å². The summed E-state index contributed by atoms with van der Waals surface area (Å²) >= 11 is 5.94. The Morgan fingerprint density at radius 1 is 1.22 bits per heavy atom. The first kappa shape index (κ1) is 16.6. The lowest BCUT2D eigenvalue weighted by molar-refractivity contribution is -0.146. The summed E-state index contributed by atoms with van der Waals surface area (Å²) < 4.78 is 1.27. The highest BCUT2D eigenvalue weighted by Gasteiger charge is 2.19. The Morgan fingerprint density at radius 3 is 2.43 bits per heavy atom. The quantitative estimate of drug-likeness (QED) is 0.509. The Hall–Kier alpha value is -2.80. The van der Waals surface area contributed by atoms with Crippen LogP contribution in [0.4, 0.5) is 4.79 Å². The molecule has 0 saturated carbocycles. The van der Waals surface area contributed by atoms with Gasteiger partial charge in [0, 0.05) is 42.3 Å². The number of carbonyl (C=O) groups excluding carboxylic acids is 2. The number of hydrogen-bond donors (Lipinski definition) is 2. The Labute approximate surface area is 136 Å². The minimum atomic E-state index is -1.69. The molecule has 0 atom stereocenters. The van der Waals surface area contributed by atoms with Crippen LogP contribution in [0.3, 0.4) is 0 Å². The summed E-state index contributed by atoms with van der Waals surface area (Å²) in [5.41, 5.74) is 0.595. The van der Waals surface area contributed by atoms with Crippen LogP contribution < -0.4 is 0 Å². The van der Waals surface area contributed by atoms with E-state index in [0.29, 0.717) is 22.0 Å². The van der Waals surface area contributed by atoms with Gasteiger partial charge in [-0.05, 0) is 18.2 Å². The molecule has 0 aliphatic rings. The van der Waals surface area contributed by atoms with E-state index in [1.807, 2.05) is 0 Å². The average Bonchev–Trinajstić information content (AvgIpc) is 2.84. The van der Waals surface area contributed by atoms with Gasteiger partial charge in [-0.2, -0.15) is 0 Å². The maximum atomic E-state index is 12.2. The highest BCUT2D eigenvalue weighted by molar-refractivity contribution is 6.38. The molecule has 2 aromatic rings. The number of nitrogens with zero attached hydrogens (tertiary/aromatic N) is 2. The largest absolute Gasteiger partial charge is 0.507 e. The van der Waals surface area contributed by atoms with E-state index < -0.39 is 17.5 Å². The van der Waals surface area contributed by atoms with E-state index in [1.165, 1.54) is 21.7 Å². The Morgan fingerprint density at radius 2 is 1.87 bits per heavy atom. The standard InChI is InChI=1S/C15H13ClN2O5/c1-17(2)15(23)18-7-10(12(19)6-13(20)14(21)22)9-5-8(16)3-4-11(9)18/h3-7,19H,1-2H3,(H,21,22)/b12-6-. The molecule has 120 valence electrons. The molecule has 0 saturated heterocycles. The Bertz CT molecular complexity index is 851. The van der Waals surface area contributed by atoms with Crippen molar-refractivity contribution in [3.63, 3.8) is 0 Å². The molecule has 8 heteroatoms. The summed E-state index contributed by atoms with van der Waals surface area (Å²) in [6.07, 6.45) is 1.91. The molecule has 0 aliphatic carbocycles. The number of carboxylic acid groups (broad SMARTS) is 1. The molecule has 0 radical (unpaired) electrons. The van der Waals surface area contributed by atoms with Crippen LogP contribution in [0.2, 0.25) is 5.02 Å². The van der Waals surface area contributed by atoms with E-state index in [9.17, 15) is 19.5 Å². The number of hydrogen-bond acceptors (Lipinski definition) is 4. The third-order valence-electron chi connectivity index (χ3n) is 3.11. The first-order valence-electron chi connectivity index (χ1n) is 6.43. The second kappa shape index (κ2) is 6.13. The Kier molecular flexibility index (Phi) is 4.42. The monoisotopic (exact) mass is 336 g/mol. The zero-order valence-corrected chi connectivity index (χ0v) is 13.0. The fourth-order valence-electron chi connectivity index (χ4n) is 2.04. The van der Waals surface area contributed by atoms with Crippen molar-refractivity contribution < 1.29 is 24.6 Å². The second-order valence-electron chi connectivity index (χ2n) is 4.95. The fraction of sp³-hybridized carbons (Fsp3) is 0.133. The first-order valence-corrected chi connectivity index (χ1v) is 6.80. The fourth-order valence-corrected chi connectivity index (χ4v) is 2.22. The van der Waals surface area contributed by atoms with E-state index in [-0.39, 0.29) is 11.6 Å². The normalized spacial score (nSPS) is 11.5. The molecule has 1 aromatic heterocycles. The van der Waals surface area contributed by atoms with Gasteiger partial charge in [0.2, 0.25) is 0 Å². The molecule has 23 heavy (non-hydrogen) atoms. The van der Waals surface area contributed by atoms with Crippen LogP contribution in [0.25, 0.3) is 16.7 Å². The third-order valence-corrected chi connectivity index (χ3v) is 3.34. The van der Waals surface area contributed by atoms with Crippen molar-refractivity contribution in [1.82, 2.24) is 9.47 Å². The molecule has 7 nitrogen and oxygen atoms in total. The van der Waals surface area contributed by atoms with Crippen molar-refractivity contribution in [3.05, 3.63) is 41.1 Å². The van der Waals surface area contributed by atoms with Gasteiger partial charge in [-0.25, -0.2) is 9.59 Å². The molecule has 0 spiro atoms. The predicted octanol–water partition coefficient (Wildman–Crippen LogP) is 2.38. The summed E-state index contributed by atoms with van der Waals surface area (Å²) in [5, 5.41) is 19.5. The number of aliphatic carboxylic acids is 1. The minimum Gasteiger partial charge on any atom is -0.507 e. The number of rotatable bonds is 3. The van der Waals surface area contributed by atoms with Crippen LogP contribution in [-0.4, -0.2) is 51.6 Å². The lowest BCUT2D eigenvalue weighted by atomic mass is 10.1. The predicted molar refractivity (Wildman–Crippen MR) is 84.7 cm³/mol. The van der Waals surface area contributed by atoms with Crippen LogP contribution in [0.5, 0.6) is 0 Å². The Balaban J connectivity index is 2.69. The van der Waals surface area contributed by atoms with E-state index in [2.05, 4.69) is 0 Å². The van der Waals surface area contributed by atoms with E-state index in [4.69, 9.17) is 16.7 Å².